The minimum Gasteiger partial charge on any atom is -0.478 e. The smallest absolute Gasteiger partial charge is 0.337 e. The van der Waals surface area contributed by atoms with E-state index in [1.165, 1.54) is 23.5 Å². The summed E-state index contributed by atoms with van der Waals surface area (Å²) in [6, 6.07) is 4.14. The lowest BCUT2D eigenvalue weighted by molar-refractivity contribution is 0.0698. The first-order valence-corrected chi connectivity index (χ1v) is 7.61. The Labute approximate surface area is 133 Å². The molecule has 0 aliphatic rings. The number of aromatic carboxylic acids is 1. The standard InChI is InChI=1S/C13H12BrN3O3S/c1-7-6-21-11(16-7)5-15-13(20)17-10-3-2-8(14)4-9(10)12(18)19/h2-4,6H,5H2,1H3,(H,18,19)(H2,15,17,20). The summed E-state index contributed by atoms with van der Waals surface area (Å²) in [6.45, 7) is 2.17. The first-order chi connectivity index (χ1) is 9.95. The molecule has 8 heteroatoms. The van der Waals surface area contributed by atoms with Crippen molar-refractivity contribution in [3.8, 4) is 0 Å². The van der Waals surface area contributed by atoms with E-state index in [0.717, 1.165) is 10.7 Å². The van der Waals surface area contributed by atoms with Crippen molar-refractivity contribution in [3.63, 3.8) is 0 Å². The van der Waals surface area contributed by atoms with Crippen LogP contribution < -0.4 is 10.6 Å². The number of nitrogens with zero attached hydrogens (tertiary/aromatic N) is 1. The Balaban J connectivity index is 2.01. The minimum absolute atomic E-state index is 0.0182. The maximum Gasteiger partial charge on any atom is 0.337 e. The van der Waals surface area contributed by atoms with Gasteiger partial charge in [-0.15, -0.1) is 11.3 Å². The fourth-order valence-electron chi connectivity index (χ4n) is 1.61. The zero-order valence-corrected chi connectivity index (χ0v) is 13.4. The monoisotopic (exact) mass is 369 g/mol. The van der Waals surface area contributed by atoms with E-state index in [-0.39, 0.29) is 11.3 Å². The molecule has 1 aromatic carbocycles. The number of anilines is 1. The third kappa shape index (κ3) is 4.27. The maximum atomic E-state index is 11.8. The molecule has 3 N–H and O–H groups in total. The molecule has 0 aliphatic heterocycles. The van der Waals surface area contributed by atoms with Gasteiger partial charge in [0.15, 0.2) is 0 Å². The highest BCUT2D eigenvalue weighted by molar-refractivity contribution is 9.10. The van der Waals surface area contributed by atoms with Crippen LogP contribution in [-0.2, 0) is 6.54 Å². The van der Waals surface area contributed by atoms with Crippen molar-refractivity contribution in [2.24, 2.45) is 0 Å². The van der Waals surface area contributed by atoms with E-state index >= 15 is 0 Å². The number of aryl methyl sites for hydroxylation is 1. The normalized spacial score (nSPS) is 10.2. The van der Waals surface area contributed by atoms with Gasteiger partial charge in [-0.25, -0.2) is 14.6 Å². The number of thiazole rings is 1. The van der Waals surface area contributed by atoms with Crippen molar-refractivity contribution in [1.82, 2.24) is 10.3 Å². The van der Waals surface area contributed by atoms with Crippen molar-refractivity contribution in [3.05, 3.63) is 44.3 Å². The summed E-state index contributed by atoms with van der Waals surface area (Å²) < 4.78 is 0.629. The Morgan fingerprint density at radius 2 is 2.19 bits per heavy atom. The van der Waals surface area contributed by atoms with Crippen LogP contribution in [0.15, 0.2) is 28.1 Å². The number of carboxylic acids is 1. The van der Waals surface area contributed by atoms with Crippen molar-refractivity contribution in [2.45, 2.75) is 13.5 Å². The molecule has 0 spiro atoms. The van der Waals surface area contributed by atoms with Gasteiger partial charge in [0.2, 0.25) is 0 Å². The van der Waals surface area contributed by atoms with Gasteiger partial charge in [0.05, 0.1) is 17.8 Å². The summed E-state index contributed by atoms with van der Waals surface area (Å²) in [5.41, 5.74) is 1.15. The first kappa shape index (κ1) is 15.5. The van der Waals surface area contributed by atoms with Crippen LogP contribution in [-0.4, -0.2) is 22.1 Å². The topological polar surface area (TPSA) is 91.3 Å². The number of urea groups is 1. The summed E-state index contributed by atoms with van der Waals surface area (Å²) in [5.74, 6) is -1.11. The van der Waals surface area contributed by atoms with Gasteiger partial charge >= 0.3 is 12.0 Å². The van der Waals surface area contributed by atoms with E-state index in [1.807, 2.05) is 12.3 Å². The van der Waals surface area contributed by atoms with Gasteiger partial charge in [-0.2, -0.15) is 0 Å². The van der Waals surface area contributed by atoms with E-state index in [0.29, 0.717) is 11.0 Å². The summed E-state index contributed by atoms with van der Waals surface area (Å²) in [4.78, 5) is 27.2. The molecule has 2 rings (SSSR count). The number of benzene rings is 1. The van der Waals surface area contributed by atoms with Crippen LogP contribution >= 0.6 is 27.3 Å². The first-order valence-electron chi connectivity index (χ1n) is 5.94. The molecule has 6 nitrogen and oxygen atoms in total. The highest BCUT2D eigenvalue weighted by atomic mass is 79.9. The summed E-state index contributed by atoms with van der Waals surface area (Å²) in [7, 11) is 0. The van der Waals surface area contributed by atoms with E-state index in [1.54, 1.807) is 6.07 Å². The molecule has 0 fully saturated rings. The van der Waals surface area contributed by atoms with E-state index in [4.69, 9.17) is 5.11 Å². The number of carbonyl (C=O) groups is 2. The van der Waals surface area contributed by atoms with Crippen molar-refractivity contribution in [2.75, 3.05) is 5.32 Å². The molecule has 1 aromatic heterocycles. The summed E-state index contributed by atoms with van der Waals surface area (Å²) in [6.07, 6.45) is 0. The molecule has 0 saturated carbocycles. The molecule has 0 saturated heterocycles. The Morgan fingerprint density at radius 3 is 2.81 bits per heavy atom. The highest BCUT2D eigenvalue weighted by Crippen LogP contribution is 2.21. The predicted molar refractivity (Wildman–Crippen MR) is 83.8 cm³/mol. The second-order valence-electron chi connectivity index (χ2n) is 4.19. The van der Waals surface area contributed by atoms with Gasteiger partial charge in [0.25, 0.3) is 0 Å². The summed E-state index contributed by atoms with van der Waals surface area (Å²) >= 11 is 4.65. The van der Waals surface area contributed by atoms with E-state index in [9.17, 15) is 9.59 Å². The molecule has 0 radical (unpaired) electrons. The minimum atomic E-state index is -1.11. The molecule has 0 unspecified atom stereocenters. The molecule has 0 aliphatic carbocycles. The number of aromatic nitrogens is 1. The zero-order chi connectivity index (χ0) is 15.4. The Kier molecular flexibility index (Phi) is 4.92. The van der Waals surface area contributed by atoms with Gasteiger partial charge in [-0.05, 0) is 25.1 Å². The Morgan fingerprint density at radius 1 is 1.43 bits per heavy atom. The summed E-state index contributed by atoms with van der Waals surface area (Å²) in [5, 5.41) is 17.0. The number of hydrogen-bond donors (Lipinski definition) is 3. The quantitative estimate of drug-likeness (QED) is 0.771. The Bertz CT molecular complexity index is 687. The zero-order valence-electron chi connectivity index (χ0n) is 11.0. The second-order valence-corrected chi connectivity index (χ2v) is 6.04. The molecular formula is C13H12BrN3O3S. The number of carbonyl (C=O) groups excluding carboxylic acids is 1. The molecule has 21 heavy (non-hydrogen) atoms. The number of hydrogen-bond acceptors (Lipinski definition) is 4. The molecule has 2 amide bonds. The molecule has 0 bridgehead atoms. The number of nitrogens with one attached hydrogen (secondary N) is 2. The Hall–Kier alpha value is -1.93. The van der Waals surface area contributed by atoms with Gasteiger partial charge in [0, 0.05) is 15.5 Å². The van der Waals surface area contributed by atoms with E-state index < -0.39 is 12.0 Å². The van der Waals surface area contributed by atoms with Crippen molar-refractivity contribution < 1.29 is 14.7 Å². The highest BCUT2D eigenvalue weighted by Gasteiger charge is 2.13. The maximum absolute atomic E-state index is 11.8. The van der Waals surface area contributed by atoms with Crippen LogP contribution in [0.25, 0.3) is 0 Å². The lowest BCUT2D eigenvalue weighted by atomic mass is 10.2. The van der Waals surface area contributed by atoms with Crippen LogP contribution in [0.4, 0.5) is 10.5 Å². The molecule has 110 valence electrons. The van der Waals surface area contributed by atoms with Gasteiger partial charge < -0.3 is 15.7 Å². The molecule has 2 aromatic rings. The van der Waals surface area contributed by atoms with Crippen LogP contribution in [0.2, 0.25) is 0 Å². The lowest BCUT2D eigenvalue weighted by Gasteiger charge is -2.09. The average Bonchev–Trinajstić information content (AvgIpc) is 2.84. The van der Waals surface area contributed by atoms with Crippen molar-refractivity contribution >= 4 is 45.0 Å². The van der Waals surface area contributed by atoms with Gasteiger partial charge in [-0.3, -0.25) is 0 Å². The average molecular weight is 370 g/mol. The fourth-order valence-corrected chi connectivity index (χ4v) is 2.68. The van der Waals surface area contributed by atoms with E-state index in [2.05, 4.69) is 31.5 Å². The lowest BCUT2D eigenvalue weighted by Crippen LogP contribution is -2.28. The fraction of sp³-hybridized carbons (Fsp3) is 0.154. The molecule has 0 atom stereocenters. The third-order valence-electron chi connectivity index (χ3n) is 2.53. The van der Waals surface area contributed by atoms with Crippen LogP contribution in [0.5, 0.6) is 0 Å². The van der Waals surface area contributed by atoms with Crippen LogP contribution in [0.1, 0.15) is 21.1 Å². The second kappa shape index (κ2) is 6.68. The number of halogens is 1. The van der Waals surface area contributed by atoms with Gasteiger partial charge in [0.1, 0.15) is 5.01 Å². The molecular weight excluding hydrogens is 358 g/mol. The number of rotatable bonds is 4. The SMILES string of the molecule is Cc1csc(CNC(=O)Nc2ccc(Br)cc2C(=O)O)n1. The number of amides is 2. The van der Waals surface area contributed by atoms with Crippen molar-refractivity contribution in [1.29, 1.82) is 0 Å². The predicted octanol–water partition coefficient (Wildman–Crippen LogP) is 3.23. The third-order valence-corrected chi connectivity index (χ3v) is 3.99. The largest absolute Gasteiger partial charge is 0.478 e. The van der Waals surface area contributed by atoms with Crippen LogP contribution in [0.3, 0.4) is 0 Å². The van der Waals surface area contributed by atoms with Crippen LogP contribution in [0, 0.1) is 6.92 Å². The molecule has 1 heterocycles. The van der Waals surface area contributed by atoms with Gasteiger partial charge in [-0.1, -0.05) is 15.9 Å². The number of carboxylic acid groups (broad SMARTS) is 1.